The van der Waals surface area contributed by atoms with Gasteiger partial charge in [0.05, 0.1) is 5.92 Å². The first-order valence-electron chi connectivity index (χ1n) is 11.9. The highest BCUT2D eigenvalue weighted by molar-refractivity contribution is 5.99. The number of Topliss-reactive ketones (excluding diaryl/α,β-unsaturated/α-hetero) is 1. The number of ketones is 1. The zero-order valence-electron chi connectivity index (χ0n) is 19.5. The van der Waals surface area contributed by atoms with Crippen LogP contribution in [0.1, 0.15) is 39.9 Å². The van der Waals surface area contributed by atoms with E-state index in [1.54, 1.807) is 0 Å². The summed E-state index contributed by atoms with van der Waals surface area (Å²) in [6.45, 7) is 3.65. The molecule has 4 aromatic rings. The minimum absolute atomic E-state index is 0.0242. The summed E-state index contributed by atoms with van der Waals surface area (Å²) in [6.07, 6.45) is 0. The topological polar surface area (TPSA) is 20.3 Å². The lowest BCUT2D eigenvalue weighted by Crippen LogP contribution is -2.41. The average Bonchev–Trinajstić information content (AvgIpc) is 2.90. The van der Waals surface area contributed by atoms with Crippen LogP contribution in [0.2, 0.25) is 0 Å². The monoisotopic (exact) mass is 443 g/mol. The van der Waals surface area contributed by atoms with Gasteiger partial charge in [-0.1, -0.05) is 121 Å². The quantitative estimate of drug-likeness (QED) is 0.293. The third-order valence-corrected chi connectivity index (χ3v) is 6.79. The summed E-state index contributed by atoms with van der Waals surface area (Å²) in [4.78, 5) is 16.3. The molecule has 5 rings (SSSR count). The maximum Gasteiger partial charge on any atom is 0.168 e. The molecule has 2 heteroatoms. The minimum Gasteiger partial charge on any atom is -0.366 e. The van der Waals surface area contributed by atoms with Gasteiger partial charge in [-0.25, -0.2) is 0 Å². The van der Waals surface area contributed by atoms with Crippen molar-refractivity contribution in [3.63, 3.8) is 0 Å². The van der Waals surface area contributed by atoms with Gasteiger partial charge in [0.2, 0.25) is 0 Å². The molecule has 1 aliphatic heterocycles. The van der Waals surface area contributed by atoms with E-state index in [1.807, 2.05) is 42.5 Å². The van der Waals surface area contributed by atoms with Gasteiger partial charge in [0.1, 0.15) is 0 Å². The molecule has 0 radical (unpaired) electrons. The van der Waals surface area contributed by atoms with Crippen molar-refractivity contribution in [2.24, 2.45) is 5.92 Å². The summed E-state index contributed by atoms with van der Waals surface area (Å²) in [7, 11) is 0. The Bertz CT molecular complexity index is 1260. The van der Waals surface area contributed by atoms with Crippen molar-refractivity contribution in [2.75, 3.05) is 6.54 Å². The van der Waals surface area contributed by atoms with E-state index < -0.39 is 0 Å². The molecule has 0 N–H and O–H groups in total. The second-order valence-corrected chi connectivity index (χ2v) is 8.99. The highest BCUT2D eigenvalue weighted by Crippen LogP contribution is 2.44. The Morgan fingerprint density at radius 2 is 1.26 bits per heavy atom. The zero-order valence-corrected chi connectivity index (χ0v) is 19.5. The van der Waals surface area contributed by atoms with E-state index in [4.69, 9.17) is 0 Å². The molecule has 0 amide bonds. The fourth-order valence-electron chi connectivity index (χ4n) is 5.28. The largest absolute Gasteiger partial charge is 0.366 e. The number of allylic oxidation sites excluding steroid dienone is 1. The van der Waals surface area contributed by atoms with E-state index in [1.165, 1.54) is 28.0 Å². The number of carbonyl (C=O) groups excluding carboxylic acids is 1. The Labute approximate surface area is 202 Å². The van der Waals surface area contributed by atoms with Crippen molar-refractivity contribution >= 4 is 11.5 Å². The van der Waals surface area contributed by atoms with Crippen LogP contribution in [0.15, 0.2) is 127 Å². The SMILES string of the molecule is CC1=C(c2ccccc2)N(Cc2ccccc2)CC(C(=O)c2ccccc2)C1c1ccccc1. The lowest BCUT2D eigenvalue weighted by Gasteiger charge is -2.42. The van der Waals surface area contributed by atoms with E-state index in [0.717, 1.165) is 12.1 Å². The number of benzene rings is 4. The van der Waals surface area contributed by atoms with E-state index in [0.29, 0.717) is 6.54 Å². The molecule has 0 saturated carbocycles. The molecule has 0 aromatic heterocycles. The first-order chi connectivity index (χ1) is 16.7. The summed E-state index contributed by atoms with van der Waals surface area (Å²) in [5, 5.41) is 0. The Kier molecular flexibility index (Phi) is 6.40. The van der Waals surface area contributed by atoms with Gasteiger partial charge in [-0.05, 0) is 29.2 Å². The highest BCUT2D eigenvalue weighted by Gasteiger charge is 2.39. The average molecular weight is 444 g/mol. The number of rotatable bonds is 6. The summed E-state index contributed by atoms with van der Waals surface area (Å²) in [5.41, 5.74) is 6.89. The van der Waals surface area contributed by atoms with Crippen LogP contribution in [0.5, 0.6) is 0 Å². The molecule has 0 saturated heterocycles. The van der Waals surface area contributed by atoms with Crippen molar-refractivity contribution in [1.82, 2.24) is 4.90 Å². The third-order valence-electron chi connectivity index (χ3n) is 6.79. The fraction of sp³-hybridized carbons (Fsp3) is 0.156. The van der Waals surface area contributed by atoms with Crippen LogP contribution >= 0.6 is 0 Å². The summed E-state index contributed by atoms with van der Waals surface area (Å²) in [5.74, 6) is 0.0658. The number of hydrogen-bond acceptors (Lipinski definition) is 2. The Morgan fingerprint density at radius 1 is 0.735 bits per heavy atom. The maximum absolute atomic E-state index is 13.9. The molecule has 0 spiro atoms. The molecule has 2 unspecified atom stereocenters. The maximum atomic E-state index is 13.9. The Balaban J connectivity index is 1.66. The van der Waals surface area contributed by atoms with Crippen LogP contribution < -0.4 is 0 Å². The smallest absolute Gasteiger partial charge is 0.168 e. The van der Waals surface area contributed by atoms with E-state index in [-0.39, 0.29) is 17.6 Å². The fourth-order valence-corrected chi connectivity index (χ4v) is 5.28. The van der Waals surface area contributed by atoms with Crippen LogP contribution in [-0.4, -0.2) is 17.2 Å². The second-order valence-electron chi connectivity index (χ2n) is 8.99. The molecule has 2 atom stereocenters. The first-order valence-corrected chi connectivity index (χ1v) is 11.9. The van der Waals surface area contributed by atoms with E-state index in [9.17, 15) is 4.79 Å². The van der Waals surface area contributed by atoms with Gasteiger partial charge in [0.15, 0.2) is 5.78 Å². The van der Waals surface area contributed by atoms with E-state index in [2.05, 4.69) is 90.7 Å². The minimum atomic E-state index is -0.166. The zero-order chi connectivity index (χ0) is 23.3. The molecule has 34 heavy (non-hydrogen) atoms. The van der Waals surface area contributed by atoms with Gasteiger partial charge >= 0.3 is 0 Å². The van der Waals surface area contributed by atoms with E-state index >= 15 is 0 Å². The molecular weight excluding hydrogens is 414 g/mol. The molecule has 1 heterocycles. The van der Waals surface area contributed by atoms with Crippen molar-refractivity contribution in [2.45, 2.75) is 19.4 Å². The van der Waals surface area contributed by atoms with Crippen LogP contribution in [-0.2, 0) is 6.54 Å². The number of nitrogens with zero attached hydrogens (tertiary/aromatic N) is 1. The van der Waals surface area contributed by atoms with Crippen LogP contribution in [0, 0.1) is 5.92 Å². The molecule has 168 valence electrons. The summed E-state index contributed by atoms with van der Waals surface area (Å²) in [6, 6.07) is 41.4. The van der Waals surface area contributed by atoms with Crippen LogP contribution in [0.4, 0.5) is 0 Å². The van der Waals surface area contributed by atoms with Gasteiger partial charge in [0.25, 0.3) is 0 Å². The molecule has 0 aliphatic carbocycles. The summed E-state index contributed by atoms with van der Waals surface area (Å²) < 4.78 is 0. The molecule has 2 nitrogen and oxygen atoms in total. The number of hydrogen-bond donors (Lipinski definition) is 0. The van der Waals surface area contributed by atoms with Crippen molar-refractivity contribution in [3.05, 3.63) is 149 Å². The molecule has 4 aromatic carbocycles. The highest BCUT2D eigenvalue weighted by atomic mass is 16.1. The van der Waals surface area contributed by atoms with Gasteiger partial charge in [-0.3, -0.25) is 4.79 Å². The third kappa shape index (κ3) is 4.45. The lowest BCUT2D eigenvalue weighted by atomic mass is 9.73. The lowest BCUT2D eigenvalue weighted by molar-refractivity contribution is 0.0872. The first kappa shape index (κ1) is 21.9. The summed E-state index contributed by atoms with van der Waals surface area (Å²) >= 11 is 0. The molecular formula is C32H29NO. The second kappa shape index (κ2) is 9.93. The van der Waals surface area contributed by atoms with Crippen molar-refractivity contribution < 1.29 is 4.79 Å². The van der Waals surface area contributed by atoms with Gasteiger partial charge in [-0.15, -0.1) is 0 Å². The molecule has 1 aliphatic rings. The van der Waals surface area contributed by atoms with Gasteiger partial charge in [-0.2, -0.15) is 0 Å². The van der Waals surface area contributed by atoms with Crippen LogP contribution in [0.25, 0.3) is 5.70 Å². The predicted octanol–water partition coefficient (Wildman–Crippen LogP) is 7.22. The Hall–Kier alpha value is -3.91. The molecule has 0 fully saturated rings. The normalized spacial score (nSPS) is 18.1. The van der Waals surface area contributed by atoms with Crippen molar-refractivity contribution in [1.29, 1.82) is 0 Å². The van der Waals surface area contributed by atoms with Gasteiger partial charge < -0.3 is 4.90 Å². The predicted molar refractivity (Wildman–Crippen MR) is 139 cm³/mol. The Morgan fingerprint density at radius 3 is 1.88 bits per heavy atom. The van der Waals surface area contributed by atoms with Crippen molar-refractivity contribution in [3.8, 4) is 0 Å². The number of carbonyl (C=O) groups is 1. The molecule has 0 bridgehead atoms. The standard InChI is InChI=1S/C32H29NO/c1-24-30(26-16-8-3-9-17-26)29(32(34)28-20-12-5-13-21-28)23-33(22-25-14-6-2-7-15-25)31(24)27-18-10-4-11-19-27/h2-21,29-30H,22-23H2,1H3. The van der Waals surface area contributed by atoms with Gasteiger partial charge in [0, 0.05) is 30.3 Å². The van der Waals surface area contributed by atoms with Crippen LogP contribution in [0.3, 0.4) is 0 Å².